The van der Waals surface area contributed by atoms with Gasteiger partial charge in [-0.2, -0.15) is 0 Å². The van der Waals surface area contributed by atoms with Gasteiger partial charge < -0.3 is 10.3 Å². The first-order chi connectivity index (χ1) is 8.85. The van der Waals surface area contributed by atoms with E-state index in [9.17, 15) is 0 Å². The van der Waals surface area contributed by atoms with E-state index in [1.807, 2.05) is 6.07 Å². The number of rotatable bonds is 3. The average Bonchev–Trinajstić information content (AvgIpc) is 2.86. The van der Waals surface area contributed by atoms with Gasteiger partial charge in [-0.25, -0.2) is 0 Å². The Balaban J connectivity index is 1.69. The van der Waals surface area contributed by atoms with E-state index in [0.29, 0.717) is 6.54 Å². The van der Waals surface area contributed by atoms with Gasteiger partial charge in [0.05, 0.1) is 12.2 Å². The highest BCUT2D eigenvalue weighted by atomic mass is 16.5. The molecular formula is C14H17N3O. The average molecular weight is 243 g/mol. The number of hydrogen-bond acceptors (Lipinski definition) is 4. The van der Waals surface area contributed by atoms with Crippen LogP contribution in [0, 0.1) is 0 Å². The van der Waals surface area contributed by atoms with Crippen LogP contribution in [-0.2, 0) is 26.1 Å². The molecular weight excluding hydrogens is 226 g/mol. The molecule has 1 aliphatic rings. The van der Waals surface area contributed by atoms with Crippen LogP contribution in [0.1, 0.15) is 22.6 Å². The second kappa shape index (κ2) is 4.92. The van der Waals surface area contributed by atoms with Crippen molar-refractivity contribution in [3.8, 4) is 0 Å². The van der Waals surface area contributed by atoms with Crippen LogP contribution in [0.5, 0.6) is 0 Å². The van der Waals surface area contributed by atoms with Gasteiger partial charge in [-0.15, -0.1) is 0 Å². The summed E-state index contributed by atoms with van der Waals surface area (Å²) in [6, 6.07) is 10.6. The maximum atomic E-state index is 5.52. The minimum absolute atomic E-state index is 0.437. The lowest BCUT2D eigenvalue weighted by Crippen LogP contribution is -2.29. The first-order valence-corrected chi connectivity index (χ1v) is 6.29. The van der Waals surface area contributed by atoms with E-state index in [1.165, 1.54) is 11.1 Å². The predicted molar refractivity (Wildman–Crippen MR) is 68.7 cm³/mol. The summed E-state index contributed by atoms with van der Waals surface area (Å²) in [6.07, 6.45) is 1.11. The summed E-state index contributed by atoms with van der Waals surface area (Å²) in [4.78, 5) is 2.38. The smallest absolute Gasteiger partial charge is 0.151 e. The van der Waals surface area contributed by atoms with E-state index in [1.54, 1.807) is 0 Å². The lowest BCUT2D eigenvalue weighted by Gasteiger charge is -2.27. The van der Waals surface area contributed by atoms with Crippen molar-refractivity contribution < 1.29 is 4.52 Å². The quantitative estimate of drug-likeness (QED) is 0.891. The van der Waals surface area contributed by atoms with Crippen LogP contribution in [-0.4, -0.2) is 16.6 Å². The van der Waals surface area contributed by atoms with E-state index >= 15 is 0 Å². The molecule has 18 heavy (non-hydrogen) atoms. The van der Waals surface area contributed by atoms with Gasteiger partial charge in [0.25, 0.3) is 0 Å². The molecule has 3 rings (SSSR count). The second-order valence-electron chi connectivity index (χ2n) is 4.72. The van der Waals surface area contributed by atoms with Crippen molar-refractivity contribution in [2.24, 2.45) is 5.73 Å². The molecule has 0 amide bonds. The largest absolute Gasteiger partial charge is 0.360 e. The van der Waals surface area contributed by atoms with Gasteiger partial charge in [-0.1, -0.05) is 29.4 Å². The van der Waals surface area contributed by atoms with Crippen molar-refractivity contribution in [2.45, 2.75) is 26.1 Å². The summed E-state index contributed by atoms with van der Waals surface area (Å²) in [5, 5.41) is 3.92. The van der Waals surface area contributed by atoms with Crippen LogP contribution < -0.4 is 5.73 Å². The highest BCUT2D eigenvalue weighted by Crippen LogP contribution is 2.20. The van der Waals surface area contributed by atoms with Crippen molar-refractivity contribution in [1.29, 1.82) is 0 Å². The summed E-state index contributed by atoms with van der Waals surface area (Å²) in [5.74, 6) is 0.898. The Morgan fingerprint density at radius 3 is 2.89 bits per heavy atom. The molecule has 0 saturated carbocycles. The molecule has 2 heterocycles. The Morgan fingerprint density at radius 2 is 2.11 bits per heavy atom. The molecule has 2 N–H and O–H groups in total. The first kappa shape index (κ1) is 11.4. The second-order valence-corrected chi connectivity index (χ2v) is 4.72. The Kier molecular flexibility index (Phi) is 3.13. The zero-order valence-corrected chi connectivity index (χ0v) is 10.3. The van der Waals surface area contributed by atoms with Gasteiger partial charge in [0.1, 0.15) is 0 Å². The van der Waals surface area contributed by atoms with Gasteiger partial charge in [0, 0.05) is 25.7 Å². The Hall–Kier alpha value is -1.65. The van der Waals surface area contributed by atoms with E-state index in [4.69, 9.17) is 10.3 Å². The van der Waals surface area contributed by atoms with Crippen molar-refractivity contribution >= 4 is 0 Å². The van der Waals surface area contributed by atoms with E-state index < -0.39 is 0 Å². The number of benzene rings is 1. The fraction of sp³-hybridized carbons (Fsp3) is 0.357. The molecule has 0 spiro atoms. The molecule has 4 nitrogen and oxygen atoms in total. The molecule has 2 aromatic rings. The molecule has 4 heteroatoms. The number of nitrogens with two attached hydrogens (primary N) is 1. The zero-order chi connectivity index (χ0) is 12.4. The Labute approximate surface area is 106 Å². The summed E-state index contributed by atoms with van der Waals surface area (Å²) in [6.45, 7) is 3.29. The monoisotopic (exact) mass is 243 g/mol. The van der Waals surface area contributed by atoms with Crippen molar-refractivity contribution in [3.05, 3.63) is 52.9 Å². The van der Waals surface area contributed by atoms with E-state index in [-0.39, 0.29) is 0 Å². The maximum Gasteiger partial charge on any atom is 0.151 e. The standard InChI is InChI=1S/C14H17N3O/c15-8-13-7-14(18-16-13)10-17-6-5-11-3-1-2-4-12(11)9-17/h1-4,7H,5-6,8-10,15H2. The minimum atomic E-state index is 0.437. The summed E-state index contributed by atoms with van der Waals surface area (Å²) < 4.78 is 5.27. The van der Waals surface area contributed by atoms with Crippen LogP contribution in [0.4, 0.5) is 0 Å². The van der Waals surface area contributed by atoms with Crippen molar-refractivity contribution in [2.75, 3.05) is 6.54 Å². The zero-order valence-electron chi connectivity index (χ0n) is 10.3. The molecule has 1 aromatic carbocycles. The number of hydrogen-bond donors (Lipinski definition) is 1. The highest BCUT2D eigenvalue weighted by molar-refractivity contribution is 5.29. The lowest BCUT2D eigenvalue weighted by molar-refractivity contribution is 0.214. The van der Waals surface area contributed by atoms with Gasteiger partial charge >= 0.3 is 0 Å². The third-order valence-electron chi connectivity index (χ3n) is 3.41. The van der Waals surface area contributed by atoms with Gasteiger partial charge in [0.15, 0.2) is 5.76 Å². The fourth-order valence-electron chi connectivity index (χ4n) is 2.44. The summed E-state index contributed by atoms with van der Waals surface area (Å²) in [7, 11) is 0. The molecule has 94 valence electrons. The Bertz CT molecular complexity index is 535. The first-order valence-electron chi connectivity index (χ1n) is 6.29. The van der Waals surface area contributed by atoms with E-state index in [0.717, 1.165) is 37.5 Å². The molecule has 0 saturated heterocycles. The molecule has 0 fully saturated rings. The topological polar surface area (TPSA) is 55.3 Å². The number of fused-ring (bicyclic) bond motifs is 1. The molecule has 0 atom stereocenters. The minimum Gasteiger partial charge on any atom is -0.360 e. The highest BCUT2D eigenvalue weighted by Gasteiger charge is 2.17. The van der Waals surface area contributed by atoms with Gasteiger partial charge in [-0.3, -0.25) is 4.90 Å². The lowest BCUT2D eigenvalue weighted by atomic mass is 10.00. The van der Waals surface area contributed by atoms with Crippen molar-refractivity contribution in [3.63, 3.8) is 0 Å². The van der Waals surface area contributed by atoms with Crippen LogP contribution in [0.3, 0.4) is 0 Å². The molecule has 1 aromatic heterocycles. The third-order valence-corrected chi connectivity index (χ3v) is 3.41. The van der Waals surface area contributed by atoms with Crippen LogP contribution in [0.25, 0.3) is 0 Å². The Morgan fingerprint density at radius 1 is 1.28 bits per heavy atom. The third kappa shape index (κ3) is 2.30. The molecule has 0 bridgehead atoms. The SMILES string of the molecule is NCc1cc(CN2CCc3ccccc3C2)on1. The fourth-order valence-corrected chi connectivity index (χ4v) is 2.44. The van der Waals surface area contributed by atoms with Gasteiger partial charge in [-0.05, 0) is 17.5 Å². The van der Waals surface area contributed by atoms with Gasteiger partial charge in [0.2, 0.25) is 0 Å². The van der Waals surface area contributed by atoms with Crippen molar-refractivity contribution in [1.82, 2.24) is 10.1 Å². The number of nitrogens with zero attached hydrogens (tertiary/aromatic N) is 2. The van der Waals surface area contributed by atoms with Crippen LogP contribution in [0.15, 0.2) is 34.9 Å². The molecule has 0 aliphatic carbocycles. The number of aromatic nitrogens is 1. The molecule has 0 unspecified atom stereocenters. The maximum absolute atomic E-state index is 5.52. The van der Waals surface area contributed by atoms with Crippen LogP contribution in [0.2, 0.25) is 0 Å². The van der Waals surface area contributed by atoms with Crippen LogP contribution >= 0.6 is 0 Å². The molecule has 1 aliphatic heterocycles. The molecule has 0 radical (unpaired) electrons. The summed E-state index contributed by atoms with van der Waals surface area (Å²) >= 11 is 0. The van der Waals surface area contributed by atoms with E-state index in [2.05, 4.69) is 34.3 Å². The predicted octanol–water partition coefficient (Wildman–Crippen LogP) is 1.69. The summed E-state index contributed by atoms with van der Waals surface area (Å²) in [5.41, 5.74) is 9.23. The normalized spacial score (nSPS) is 15.6.